The number of carbonyl (C=O) groups excluding carboxylic acids is 1. The van der Waals surface area contributed by atoms with Gasteiger partial charge in [-0.3, -0.25) is 9.59 Å². The van der Waals surface area contributed by atoms with Crippen molar-refractivity contribution in [2.24, 2.45) is 0 Å². The first-order chi connectivity index (χ1) is 16.1. The van der Waals surface area contributed by atoms with Gasteiger partial charge in [-0.2, -0.15) is 5.10 Å². The fraction of sp³-hybridized carbons (Fsp3) is 0.208. The fourth-order valence-electron chi connectivity index (χ4n) is 3.12. The molecular weight excluding hydrogens is 438 g/mol. The maximum absolute atomic E-state index is 12.3. The van der Waals surface area contributed by atoms with E-state index in [0.29, 0.717) is 11.6 Å². The maximum Gasteiger partial charge on any atom is 0.267 e. The highest BCUT2D eigenvalue weighted by atomic mass is 32.1. The van der Waals surface area contributed by atoms with Crippen molar-refractivity contribution in [3.8, 4) is 27.7 Å². The highest BCUT2D eigenvalue weighted by Crippen LogP contribution is 2.22. The van der Waals surface area contributed by atoms with Crippen LogP contribution in [0.25, 0.3) is 21.8 Å². The quantitative estimate of drug-likeness (QED) is 0.385. The molecule has 0 saturated carbocycles. The molecular formula is C24H23N5O3S. The molecule has 0 bridgehead atoms. The predicted octanol–water partition coefficient (Wildman–Crippen LogP) is 3.19. The van der Waals surface area contributed by atoms with Crippen LogP contribution in [0.5, 0.6) is 5.88 Å². The van der Waals surface area contributed by atoms with Gasteiger partial charge < -0.3 is 10.1 Å². The van der Waals surface area contributed by atoms with Crippen LogP contribution in [0.1, 0.15) is 12.5 Å². The van der Waals surface area contributed by atoms with Crippen LogP contribution in [-0.2, 0) is 17.8 Å². The van der Waals surface area contributed by atoms with Gasteiger partial charge in [-0.1, -0.05) is 37.3 Å². The van der Waals surface area contributed by atoms with Crippen LogP contribution >= 0.6 is 11.3 Å². The Morgan fingerprint density at radius 2 is 1.85 bits per heavy atom. The van der Waals surface area contributed by atoms with Crippen molar-refractivity contribution >= 4 is 17.2 Å². The zero-order valence-corrected chi connectivity index (χ0v) is 18.9. The third-order valence-electron chi connectivity index (χ3n) is 4.91. The monoisotopic (exact) mass is 461 g/mol. The van der Waals surface area contributed by atoms with E-state index >= 15 is 0 Å². The van der Waals surface area contributed by atoms with E-state index in [2.05, 4.69) is 27.5 Å². The molecule has 4 aromatic rings. The molecule has 33 heavy (non-hydrogen) atoms. The molecule has 8 nitrogen and oxygen atoms in total. The van der Waals surface area contributed by atoms with E-state index in [9.17, 15) is 9.59 Å². The molecule has 0 fully saturated rings. The first-order valence-electron chi connectivity index (χ1n) is 10.6. The topological polar surface area (TPSA) is 99.0 Å². The second kappa shape index (κ2) is 10.6. The Labute approximate surface area is 194 Å². The average Bonchev–Trinajstić information content (AvgIpc) is 3.39. The number of carbonyl (C=O) groups is 1. The van der Waals surface area contributed by atoms with Crippen molar-refractivity contribution in [1.29, 1.82) is 0 Å². The number of benzene rings is 1. The summed E-state index contributed by atoms with van der Waals surface area (Å²) in [5.74, 6) is 0.0510. The van der Waals surface area contributed by atoms with E-state index in [-0.39, 0.29) is 31.2 Å². The molecule has 0 atom stereocenters. The summed E-state index contributed by atoms with van der Waals surface area (Å²) in [5, 5.41) is 17.2. The zero-order chi connectivity index (χ0) is 23.0. The molecule has 1 aromatic carbocycles. The highest BCUT2D eigenvalue weighted by molar-refractivity contribution is 7.13. The van der Waals surface area contributed by atoms with Crippen LogP contribution in [0.15, 0.2) is 70.8 Å². The number of ether oxygens (including phenoxy) is 1. The molecule has 0 saturated heterocycles. The summed E-state index contributed by atoms with van der Waals surface area (Å²) in [6.07, 6.45) is 0.949. The SMILES string of the molecule is CCc1ccc(-c2ccc(=O)n(CC(=O)NCCOc3ccc(-c4cccs4)nn3)n2)cc1. The number of rotatable bonds is 9. The molecule has 0 aliphatic carbocycles. The van der Waals surface area contributed by atoms with Crippen molar-refractivity contribution < 1.29 is 9.53 Å². The number of thiophene rings is 1. The van der Waals surface area contributed by atoms with Crippen molar-refractivity contribution in [2.75, 3.05) is 13.2 Å². The molecule has 1 amide bonds. The summed E-state index contributed by atoms with van der Waals surface area (Å²) in [5.41, 5.74) is 3.19. The predicted molar refractivity (Wildman–Crippen MR) is 127 cm³/mol. The van der Waals surface area contributed by atoms with Crippen LogP contribution in [0, 0.1) is 0 Å². The molecule has 0 aliphatic rings. The van der Waals surface area contributed by atoms with Gasteiger partial charge in [-0.05, 0) is 35.6 Å². The number of hydrogen-bond acceptors (Lipinski definition) is 7. The first-order valence-corrected chi connectivity index (χ1v) is 11.4. The van der Waals surface area contributed by atoms with Crippen molar-refractivity contribution in [2.45, 2.75) is 19.9 Å². The van der Waals surface area contributed by atoms with Gasteiger partial charge in [-0.15, -0.1) is 21.5 Å². The van der Waals surface area contributed by atoms with E-state index in [1.54, 1.807) is 23.5 Å². The number of amides is 1. The Kier molecular flexibility index (Phi) is 7.21. The second-order valence-electron chi connectivity index (χ2n) is 7.20. The lowest BCUT2D eigenvalue weighted by atomic mass is 10.1. The molecule has 1 N–H and O–H groups in total. The second-order valence-corrected chi connectivity index (χ2v) is 8.15. The minimum absolute atomic E-state index is 0.172. The van der Waals surface area contributed by atoms with Crippen LogP contribution < -0.4 is 15.6 Å². The minimum Gasteiger partial charge on any atom is -0.475 e. The third kappa shape index (κ3) is 5.89. The fourth-order valence-corrected chi connectivity index (χ4v) is 3.81. The molecule has 3 aromatic heterocycles. The van der Waals surface area contributed by atoms with Gasteiger partial charge in [0.1, 0.15) is 18.8 Å². The van der Waals surface area contributed by atoms with Gasteiger partial charge in [-0.25, -0.2) is 4.68 Å². The number of aromatic nitrogens is 4. The molecule has 4 rings (SSSR count). The Morgan fingerprint density at radius 3 is 2.55 bits per heavy atom. The van der Waals surface area contributed by atoms with Gasteiger partial charge in [0.15, 0.2) is 0 Å². The lowest BCUT2D eigenvalue weighted by Gasteiger charge is -2.09. The standard InChI is InChI=1S/C24H23N5O3S/c1-2-17-5-7-18(8-6-17)19-10-12-24(31)29(28-19)16-22(30)25-13-14-32-23-11-9-20(26-27-23)21-4-3-15-33-21/h3-12,15H,2,13-14,16H2,1H3,(H,25,30). The first kappa shape index (κ1) is 22.3. The normalized spacial score (nSPS) is 10.7. The average molecular weight is 462 g/mol. The van der Waals surface area contributed by atoms with E-state index in [1.165, 1.54) is 11.6 Å². The van der Waals surface area contributed by atoms with E-state index in [4.69, 9.17) is 4.74 Å². The number of nitrogens with zero attached hydrogens (tertiary/aromatic N) is 4. The minimum atomic E-state index is -0.337. The lowest BCUT2D eigenvalue weighted by molar-refractivity contribution is -0.122. The molecule has 0 spiro atoms. The van der Waals surface area contributed by atoms with Crippen LogP contribution in [0.3, 0.4) is 0 Å². The maximum atomic E-state index is 12.3. The van der Waals surface area contributed by atoms with E-state index < -0.39 is 0 Å². The summed E-state index contributed by atoms with van der Waals surface area (Å²) in [6.45, 7) is 2.41. The smallest absolute Gasteiger partial charge is 0.267 e. The molecule has 9 heteroatoms. The van der Waals surface area contributed by atoms with E-state index in [0.717, 1.165) is 27.2 Å². The molecule has 0 unspecified atom stereocenters. The summed E-state index contributed by atoms with van der Waals surface area (Å²) in [6, 6.07) is 18.6. The zero-order valence-electron chi connectivity index (χ0n) is 18.1. The highest BCUT2D eigenvalue weighted by Gasteiger charge is 2.09. The van der Waals surface area contributed by atoms with Crippen LogP contribution in [0.4, 0.5) is 0 Å². The Bertz CT molecular complexity index is 1250. The Morgan fingerprint density at radius 1 is 1.03 bits per heavy atom. The number of aryl methyl sites for hydroxylation is 1. The summed E-state index contributed by atoms with van der Waals surface area (Å²) in [4.78, 5) is 25.5. The van der Waals surface area contributed by atoms with Crippen LogP contribution in [-0.4, -0.2) is 39.0 Å². The largest absolute Gasteiger partial charge is 0.475 e. The van der Waals surface area contributed by atoms with Gasteiger partial charge in [0.05, 0.1) is 17.1 Å². The third-order valence-corrected chi connectivity index (χ3v) is 5.80. The summed E-state index contributed by atoms with van der Waals surface area (Å²) < 4.78 is 6.69. The summed E-state index contributed by atoms with van der Waals surface area (Å²) >= 11 is 1.59. The Balaban J connectivity index is 1.27. The Hall–Kier alpha value is -3.85. The van der Waals surface area contributed by atoms with Crippen molar-refractivity contribution in [1.82, 2.24) is 25.3 Å². The van der Waals surface area contributed by atoms with Gasteiger partial charge >= 0.3 is 0 Å². The van der Waals surface area contributed by atoms with Crippen molar-refractivity contribution in [3.63, 3.8) is 0 Å². The number of nitrogens with one attached hydrogen (secondary N) is 1. The van der Waals surface area contributed by atoms with Crippen molar-refractivity contribution in [3.05, 3.63) is 82.0 Å². The number of hydrogen-bond donors (Lipinski definition) is 1. The molecule has 168 valence electrons. The van der Waals surface area contributed by atoms with Gasteiger partial charge in [0.25, 0.3) is 5.56 Å². The molecule has 3 heterocycles. The van der Waals surface area contributed by atoms with Gasteiger partial charge in [0, 0.05) is 17.7 Å². The lowest BCUT2D eigenvalue weighted by Crippen LogP contribution is -2.35. The van der Waals surface area contributed by atoms with E-state index in [1.807, 2.05) is 47.8 Å². The van der Waals surface area contributed by atoms with Crippen LogP contribution in [0.2, 0.25) is 0 Å². The molecule has 0 aliphatic heterocycles. The molecule has 0 radical (unpaired) electrons. The summed E-state index contributed by atoms with van der Waals surface area (Å²) in [7, 11) is 0. The van der Waals surface area contributed by atoms with Gasteiger partial charge in [0.2, 0.25) is 11.8 Å².